The Hall–Kier alpha value is -0.870. The third kappa shape index (κ3) is 4.77. The Morgan fingerprint density at radius 3 is 2.88 bits per heavy atom. The van der Waals surface area contributed by atoms with Crippen LogP contribution in [0.3, 0.4) is 0 Å². The molecule has 1 aromatic rings. The molecule has 0 bridgehead atoms. The quantitative estimate of drug-likeness (QED) is 0.591. The van der Waals surface area contributed by atoms with E-state index in [9.17, 15) is 0 Å². The van der Waals surface area contributed by atoms with E-state index in [4.69, 9.17) is 16.3 Å². The molecule has 4 nitrogen and oxygen atoms in total. The molecule has 0 atom stereocenters. The first-order valence-corrected chi connectivity index (χ1v) is 5.99. The van der Waals surface area contributed by atoms with Gasteiger partial charge in [-0.3, -0.25) is 0 Å². The predicted molar refractivity (Wildman–Crippen MR) is 66.0 cm³/mol. The topological polar surface area (TPSA) is 47.0 Å². The summed E-state index contributed by atoms with van der Waals surface area (Å²) < 4.78 is 5.23. The highest BCUT2D eigenvalue weighted by atomic mass is 35.5. The Morgan fingerprint density at radius 2 is 2.19 bits per heavy atom. The van der Waals surface area contributed by atoms with E-state index in [2.05, 4.69) is 15.3 Å². The van der Waals surface area contributed by atoms with Gasteiger partial charge in [0.05, 0.1) is 0 Å². The van der Waals surface area contributed by atoms with Crippen molar-refractivity contribution in [3.8, 4) is 0 Å². The molecule has 16 heavy (non-hydrogen) atoms. The molecule has 1 rings (SSSR count). The first-order chi connectivity index (χ1) is 7.76. The summed E-state index contributed by atoms with van der Waals surface area (Å²) in [6.07, 6.45) is 1.79. The number of aromatic nitrogens is 2. The smallest absolute Gasteiger partial charge is 0.224 e. The second kappa shape index (κ2) is 7.41. The summed E-state index contributed by atoms with van der Waals surface area (Å²) in [4.78, 5) is 8.42. The van der Waals surface area contributed by atoms with Crippen LogP contribution in [0.2, 0.25) is 5.15 Å². The van der Waals surface area contributed by atoms with Gasteiger partial charge in [0.1, 0.15) is 5.15 Å². The molecule has 0 aliphatic heterocycles. The summed E-state index contributed by atoms with van der Waals surface area (Å²) >= 11 is 5.88. The second-order valence-corrected chi connectivity index (χ2v) is 3.72. The van der Waals surface area contributed by atoms with Gasteiger partial charge < -0.3 is 10.1 Å². The van der Waals surface area contributed by atoms with E-state index >= 15 is 0 Å². The first kappa shape index (κ1) is 13.2. The maximum absolute atomic E-state index is 5.88. The zero-order chi connectivity index (χ0) is 11.8. The average Bonchev–Trinajstić information content (AvgIpc) is 2.28. The molecule has 0 radical (unpaired) electrons. The number of halogens is 1. The van der Waals surface area contributed by atoms with Crippen LogP contribution in [0.4, 0.5) is 5.95 Å². The zero-order valence-electron chi connectivity index (χ0n) is 9.79. The fraction of sp³-hybridized carbons (Fsp3) is 0.636. The predicted octanol–water partition coefficient (Wildman–Crippen LogP) is 2.53. The number of nitrogens with zero attached hydrogens (tertiary/aromatic N) is 2. The lowest BCUT2D eigenvalue weighted by Crippen LogP contribution is -2.09. The van der Waals surface area contributed by atoms with Crippen LogP contribution in [-0.4, -0.2) is 29.7 Å². The fourth-order valence-corrected chi connectivity index (χ4v) is 1.45. The second-order valence-electron chi connectivity index (χ2n) is 3.34. The molecule has 0 aromatic carbocycles. The van der Waals surface area contributed by atoms with Crippen molar-refractivity contribution in [2.45, 2.75) is 26.7 Å². The molecule has 0 spiro atoms. The van der Waals surface area contributed by atoms with Crippen LogP contribution in [0, 0.1) is 0 Å². The van der Waals surface area contributed by atoms with E-state index in [-0.39, 0.29) is 0 Å². The highest BCUT2D eigenvalue weighted by molar-refractivity contribution is 6.29. The molecule has 0 fully saturated rings. The monoisotopic (exact) mass is 243 g/mol. The van der Waals surface area contributed by atoms with Gasteiger partial charge in [-0.25, -0.2) is 9.97 Å². The third-order valence-corrected chi connectivity index (χ3v) is 2.26. The Bertz CT molecular complexity index is 320. The highest BCUT2D eigenvalue weighted by Gasteiger charge is 2.01. The highest BCUT2D eigenvalue weighted by Crippen LogP contribution is 2.10. The largest absolute Gasteiger partial charge is 0.382 e. The number of ether oxygens (including phenoxy) is 1. The number of aryl methyl sites for hydroxylation is 1. The van der Waals surface area contributed by atoms with Crippen LogP contribution in [-0.2, 0) is 11.2 Å². The molecule has 0 unspecified atom stereocenters. The summed E-state index contributed by atoms with van der Waals surface area (Å²) in [5.41, 5.74) is 0.951. The molecule has 0 saturated carbocycles. The van der Waals surface area contributed by atoms with Crippen LogP contribution >= 0.6 is 11.6 Å². The Morgan fingerprint density at radius 1 is 1.38 bits per heavy atom. The van der Waals surface area contributed by atoms with Gasteiger partial charge in [0.15, 0.2) is 0 Å². The van der Waals surface area contributed by atoms with Gasteiger partial charge in [0.25, 0.3) is 0 Å². The molecule has 1 aromatic heterocycles. The molecule has 5 heteroatoms. The third-order valence-electron chi connectivity index (χ3n) is 2.06. The molecule has 0 aliphatic rings. The number of anilines is 1. The van der Waals surface area contributed by atoms with E-state index in [1.54, 1.807) is 6.07 Å². The summed E-state index contributed by atoms with van der Waals surface area (Å²) in [7, 11) is 0. The van der Waals surface area contributed by atoms with Gasteiger partial charge in [0, 0.05) is 25.5 Å². The van der Waals surface area contributed by atoms with Crippen molar-refractivity contribution in [3.63, 3.8) is 0 Å². The van der Waals surface area contributed by atoms with Crippen molar-refractivity contribution in [3.05, 3.63) is 16.9 Å². The normalized spacial score (nSPS) is 10.4. The summed E-state index contributed by atoms with van der Waals surface area (Å²) in [5.74, 6) is 0.598. The minimum absolute atomic E-state index is 0.485. The van der Waals surface area contributed by atoms with Crippen molar-refractivity contribution in [2.75, 3.05) is 25.1 Å². The Kier molecular flexibility index (Phi) is 6.11. The molecule has 0 aliphatic carbocycles. The van der Waals surface area contributed by atoms with Gasteiger partial charge in [-0.15, -0.1) is 0 Å². The Balaban J connectivity index is 2.38. The van der Waals surface area contributed by atoms with Crippen LogP contribution in [0.15, 0.2) is 6.07 Å². The van der Waals surface area contributed by atoms with E-state index < -0.39 is 0 Å². The van der Waals surface area contributed by atoms with Gasteiger partial charge in [-0.05, 0) is 25.8 Å². The molecule has 90 valence electrons. The van der Waals surface area contributed by atoms with E-state index in [1.807, 2.05) is 13.8 Å². The van der Waals surface area contributed by atoms with Crippen LogP contribution in [0.25, 0.3) is 0 Å². The molecular weight excluding hydrogens is 226 g/mol. The Labute approximate surface area is 101 Å². The van der Waals surface area contributed by atoms with Gasteiger partial charge in [-0.2, -0.15) is 0 Å². The summed E-state index contributed by atoms with van der Waals surface area (Å²) in [6.45, 7) is 6.33. The van der Waals surface area contributed by atoms with Crippen molar-refractivity contribution in [1.29, 1.82) is 0 Å². The number of hydrogen-bond acceptors (Lipinski definition) is 4. The first-order valence-electron chi connectivity index (χ1n) is 5.61. The maximum Gasteiger partial charge on any atom is 0.224 e. The number of nitrogens with one attached hydrogen (secondary N) is 1. The van der Waals surface area contributed by atoms with Gasteiger partial charge in [0.2, 0.25) is 5.95 Å². The van der Waals surface area contributed by atoms with Crippen molar-refractivity contribution in [2.24, 2.45) is 0 Å². The molecule has 1 N–H and O–H groups in total. The maximum atomic E-state index is 5.88. The number of hydrogen-bond donors (Lipinski definition) is 1. The van der Waals surface area contributed by atoms with Gasteiger partial charge in [-0.1, -0.05) is 18.5 Å². The average molecular weight is 244 g/mol. The zero-order valence-corrected chi connectivity index (χ0v) is 10.5. The molecule has 1 heterocycles. The van der Waals surface area contributed by atoms with Crippen molar-refractivity contribution < 1.29 is 4.74 Å². The van der Waals surface area contributed by atoms with Crippen molar-refractivity contribution in [1.82, 2.24) is 9.97 Å². The lowest BCUT2D eigenvalue weighted by Gasteiger charge is -2.06. The SMILES string of the molecule is CCOCCCNc1nc(Cl)cc(CC)n1. The van der Waals surface area contributed by atoms with Crippen molar-refractivity contribution >= 4 is 17.5 Å². The van der Waals surface area contributed by atoms with E-state index in [1.165, 1.54) is 0 Å². The number of rotatable bonds is 7. The molecule has 0 saturated heterocycles. The summed E-state index contributed by atoms with van der Waals surface area (Å²) in [5, 5.41) is 3.62. The molecular formula is C11H18ClN3O. The summed E-state index contributed by atoms with van der Waals surface area (Å²) in [6, 6.07) is 1.78. The van der Waals surface area contributed by atoms with E-state index in [0.717, 1.165) is 38.3 Å². The fourth-order valence-electron chi connectivity index (χ4n) is 1.24. The minimum atomic E-state index is 0.485. The van der Waals surface area contributed by atoms with Crippen LogP contribution in [0.5, 0.6) is 0 Å². The minimum Gasteiger partial charge on any atom is -0.382 e. The molecule has 0 amide bonds. The van der Waals surface area contributed by atoms with Gasteiger partial charge >= 0.3 is 0 Å². The lowest BCUT2D eigenvalue weighted by atomic mass is 10.3. The van der Waals surface area contributed by atoms with Crippen LogP contribution in [0.1, 0.15) is 26.0 Å². The van der Waals surface area contributed by atoms with Crippen LogP contribution < -0.4 is 5.32 Å². The lowest BCUT2D eigenvalue weighted by molar-refractivity contribution is 0.147. The standard InChI is InChI=1S/C11H18ClN3O/c1-3-9-8-10(12)15-11(14-9)13-6-5-7-16-4-2/h8H,3-7H2,1-2H3,(H,13,14,15). The van der Waals surface area contributed by atoms with E-state index in [0.29, 0.717) is 11.1 Å².